The van der Waals surface area contributed by atoms with Crippen LogP contribution in [0.5, 0.6) is 0 Å². The van der Waals surface area contributed by atoms with Gasteiger partial charge in [0.1, 0.15) is 0 Å². The molecule has 4 atom stereocenters. The van der Waals surface area contributed by atoms with Gasteiger partial charge in [-0.3, -0.25) is 0 Å². The zero-order valence-electron chi connectivity index (χ0n) is 14.3. The number of benzene rings is 1. The van der Waals surface area contributed by atoms with Crippen molar-refractivity contribution in [2.24, 2.45) is 17.8 Å². The molecule has 0 saturated heterocycles. The molecular weight excluding hydrogens is 304 g/mol. The quantitative estimate of drug-likeness (QED) is 0.718. The Morgan fingerprint density at radius 2 is 2.00 bits per heavy atom. The van der Waals surface area contributed by atoms with Gasteiger partial charge in [-0.1, -0.05) is 24.3 Å². The Balaban J connectivity index is 1.53. The molecule has 0 radical (unpaired) electrons. The van der Waals surface area contributed by atoms with Crippen LogP contribution in [-0.4, -0.2) is 30.4 Å². The number of aliphatic hydroxyl groups is 1. The summed E-state index contributed by atoms with van der Waals surface area (Å²) in [5.74, 6) is 1.33. The first-order valence-corrected chi connectivity index (χ1v) is 9.02. The zero-order chi connectivity index (χ0) is 16.9. The SMILES string of the molecule is CCOCc1ccccc1CNC(=O)NC1C2CCC(C2)C1CO. The second kappa shape index (κ2) is 7.99. The van der Waals surface area contributed by atoms with E-state index in [0.29, 0.717) is 31.6 Å². The summed E-state index contributed by atoms with van der Waals surface area (Å²) in [5.41, 5.74) is 2.18. The van der Waals surface area contributed by atoms with Gasteiger partial charge in [0.2, 0.25) is 0 Å². The summed E-state index contributed by atoms with van der Waals surface area (Å²) < 4.78 is 5.48. The van der Waals surface area contributed by atoms with Gasteiger partial charge in [-0.15, -0.1) is 0 Å². The van der Waals surface area contributed by atoms with Gasteiger partial charge in [0.25, 0.3) is 0 Å². The molecular formula is C19H28N2O3. The van der Waals surface area contributed by atoms with Crippen LogP contribution in [0.4, 0.5) is 4.79 Å². The van der Waals surface area contributed by atoms with E-state index in [1.165, 1.54) is 12.8 Å². The third-order valence-electron chi connectivity index (χ3n) is 5.62. The van der Waals surface area contributed by atoms with Crippen molar-refractivity contribution < 1.29 is 14.6 Å². The fraction of sp³-hybridized carbons (Fsp3) is 0.632. The molecule has 24 heavy (non-hydrogen) atoms. The topological polar surface area (TPSA) is 70.6 Å². The van der Waals surface area contributed by atoms with E-state index in [1.807, 2.05) is 31.2 Å². The molecule has 4 unspecified atom stereocenters. The summed E-state index contributed by atoms with van der Waals surface area (Å²) in [6.45, 7) is 3.87. The minimum Gasteiger partial charge on any atom is -0.396 e. The first-order chi connectivity index (χ1) is 11.7. The van der Waals surface area contributed by atoms with Crippen LogP contribution in [0, 0.1) is 17.8 Å². The molecule has 0 aliphatic heterocycles. The number of carbonyl (C=O) groups is 1. The number of hydrogen-bond donors (Lipinski definition) is 3. The number of ether oxygens (including phenoxy) is 1. The van der Waals surface area contributed by atoms with Crippen LogP contribution in [-0.2, 0) is 17.9 Å². The Hall–Kier alpha value is -1.59. The maximum Gasteiger partial charge on any atom is 0.315 e. The Labute approximate surface area is 143 Å². The molecule has 2 aliphatic rings. The van der Waals surface area contributed by atoms with Crippen LogP contribution in [0.1, 0.15) is 37.3 Å². The molecule has 1 aromatic carbocycles. The fourth-order valence-electron chi connectivity index (χ4n) is 4.36. The van der Waals surface area contributed by atoms with Crippen LogP contribution in [0.3, 0.4) is 0 Å². The number of carbonyl (C=O) groups excluding carboxylic acids is 1. The van der Waals surface area contributed by atoms with Crippen molar-refractivity contribution in [3.63, 3.8) is 0 Å². The lowest BCUT2D eigenvalue weighted by Crippen LogP contribution is -2.48. The Bertz CT molecular complexity index is 563. The molecule has 2 amide bonds. The number of urea groups is 1. The number of aliphatic hydroxyl groups excluding tert-OH is 1. The first-order valence-electron chi connectivity index (χ1n) is 9.02. The largest absolute Gasteiger partial charge is 0.396 e. The van der Waals surface area contributed by atoms with E-state index in [2.05, 4.69) is 10.6 Å². The van der Waals surface area contributed by atoms with Gasteiger partial charge in [-0.25, -0.2) is 4.79 Å². The van der Waals surface area contributed by atoms with E-state index in [-0.39, 0.29) is 24.6 Å². The maximum absolute atomic E-state index is 12.3. The summed E-state index contributed by atoms with van der Waals surface area (Å²) >= 11 is 0. The molecule has 3 rings (SSSR count). The zero-order valence-corrected chi connectivity index (χ0v) is 14.3. The second-order valence-corrected chi connectivity index (χ2v) is 6.94. The van der Waals surface area contributed by atoms with Crippen LogP contribution < -0.4 is 10.6 Å². The third-order valence-corrected chi connectivity index (χ3v) is 5.62. The highest BCUT2D eigenvalue weighted by atomic mass is 16.5. The van der Waals surface area contributed by atoms with Gasteiger partial charge >= 0.3 is 6.03 Å². The summed E-state index contributed by atoms with van der Waals surface area (Å²) in [7, 11) is 0. The molecule has 2 fully saturated rings. The molecule has 2 bridgehead atoms. The lowest BCUT2D eigenvalue weighted by atomic mass is 9.85. The molecule has 0 spiro atoms. The Morgan fingerprint density at radius 1 is 1.25 bits per heavy atom. The summed E-state index contributed by atoms with van der Waals surface area (Å²) in [6, 6.07) is 7.98. The summed E-state index contributed by atoms with van der Waals surface area (Å²) in [4.78, 5) is 12.3. The lowest BCUT2D eigenvalue weighted by molar-refractivity contribution is 0.133. The first kappa shape index (κ1) is 17.2. The molecule has 1 aromatic rings. The smallest absolute Gasteiger partial charge is 0.315 e. The molecule has 3 N–H and O–H groups in total. The van der Waals surface area contributed by atoms with Gasteiger partial charge in [-0.05, 0) is 49.1 Å². The minimum atomic E-state index is -0.141. The van der Waals surface area contributed by atoms with Gasteiger partial charge in [-0.2, -0.15) is 0 Å². The molecule has 0 aromatic heterocycles. The predicted molar refractivity (Wildman–Crippen MR) is 92.3 cm³/mol. The van der Waals surface area contributed by atoms with Crippen LogP contribution in [0.2, 0.25) is 0 Å². The van der Waals surface area contributed by atoms with Crippen molar-refractivity contribution in [3.05, 3.63) is 35.4 Å². The van der Waals surface area contributed by atoms with Crippen LogP contribution in [0.25, 0.3) is 0 Å². The van der Waals surface area contributed by atoms with Gasteiger partial charge in [0.15, 0.2) is 0 Å². The highest BCUT2D eigenvalue weighted by Crippen LogP contribution is 2.48. The number of hydrogen-bond acceptors (Lipinski definition) is 3. The van der Waals surface area contributed by atoms with E-state index in [1.54, 1.807) is 0 Å². The fourth-order valence-corrected chi connectivity index (χ4v) is 4.36. The maximum atomic E-state index is 12.3. The van der Waals surface area contributed by atoms with Crippen LogP contribution in [0.15, 0.2) is 24.3 Å². The van der Waals surface area contributed by atoms with Crippen molar-refractivity contribution in [1.82, 2.24) is 10.6 Å². The second-order valence-electron chi connectivity index (χ2n) is 6.94. The van der Waals surface area contributed by atoms with E-state index in [4.69, 9.17) is 4.74 Å². The number of nitrogens with one attached hydrogen (secondary N) is 2. The third kappa shape index (κ3) is 3.73. The standard InChI is InChI=1S/C19H28N2O3/c1-2-24-12-16-6-4-3-5-15(16)10-20-19(23)21-18-14-8-7-13(9-14)17(18)11-22/h3-6,13-14,17-18,22H,2,7-12H2,1H3,(H2,20,21,23). The molecule has 2 saturated carbocycles. The number of amides is 2. The van der Waals surface area contributed by atoms with Crippen molar-refractivity contribution in [2.45, 2.75) is 45.4 Å². The molecule has 0 heterocycles. The highest BCUT2D eigenvalue weighted by molar-refractivity contribution is 5.74. The lowest BCUT2D eigenvalue weighted by Gasteiger charge is -2.30. The van der Waals surface area contributed by atoms with Crippen molar-refractivity contribution >= 4 is 6.03 Å². The average molecular weight is 332 g/mol. The van der Waals surface area contributed by atoms with E-state index >= 15 is 0 Å². The predicted octanol–water partition coefficient (Wildman–Crippen LogP) is 2.43. The number of fused-ring (bicyclic) bond motifs is 2. The average Bonchev–Trinajstić information content (AvgIpc) is 3.20. The van der Waals surface area contributed by atoms with Gasteiger partial charge in [0, 0.05) is 31.7 Å². The molecule has 2 aliphatic carbocycles. The monoisotopic (exact) mass is 332 g/mol. The van der Waals surface area contributed by atoms with Crippen LogP contribution >= 0.6 is 0 Å². The van der Waals surface area contributed by atoms with E-state index < -0.39 is 0 Å². The van der Waals surface area contributed by atoms with Gasteiger partial charge < -0.3 is 20.5 Å². The number of rotatable bonds is 7. The van der Waals surface area contributed by atoms with Crippen molar-refractivity contribution in [2.75, 3.05) is 13.2 Å². The highest BCUT2D eigenvalue weighted by Gasteiger charge is 2.47. The minimum absolute atomic E-state index is 0.118. The van der Waals surface area contributed by atoms with E-state index in [0.717, 1.165) is 17.5 Å². The van der Waals surface area contributed by atoms with Crippen molar-refractivity contribution in [1.29, 1.82) is 0 Å². The Kier molecular flexibility index (Phi) is 5.74. The summed E-state index contributed by atoms with van der Waals surface area (Å²) in [5, 5.41) is 15.7. The Morgan fingerprint density at radius 3 is 2.75 bits per heavy atom. The van der Waals surface area contributed by atoms with Crippen molar-refractivity contribution in [3.8, 4) is 0 Å². The molecule has 132 valence electrons. The molecule has 5 heteroatoms. The van der Waals surface area contributed by atoms with Gasteiger partial charge in [0.05, 0.1) is 6.61 Å². The summed E-state index contributed by atoms with van der Waals surface area (Å²) in [6.07, 6.45) is 3.51. The van der Waals surface area contributed by atoms with E-state index in [9.17, 15) is 9.90 Å². The normalized spacial score (nSPS) is 28.1. The molecule has 5 nitrogen and oxygen atoms in total.